The number of nitrogens with one attached hydrogen (secondary N) is 2. The molecule has 0 aliphatic carbocycles. The number of nitro groups is 1. The summed E-state index contributed by atoms with van der Waals surface area (Å²) in [7, 11) is 1.70. The van der Waals surface area contributed by atoms with Gasteiger partial charge in [0.25, 0.3) is 5.91 Å². The number of carbonyl (C=O) groups is 1. The zero-order valence-corrected chi connectivity index (χ0v) is 10.2. The molecule has 0 aromatic carbocycles. The molecule has 0 radical (unpaired) electrons. The van der Waals surface area contributed by atoms with Gasteiger partial charge in [0.2, 0.25) is 0 Å². The number of H-pyrrole nitrogens is 1. The van der Waals surface area contributed by atoms with Gasteiger partial charge in [0, 0.05) is 25.7 Å². The molecular formula is C11H16N4O3. The molecule has 2 heterocycles. The maximum Gasteiger partial charge on any atom is 0.321 e. The summed E-state index contributed by atoms with van der Waals surface area (Å²) in [6, 6.07) is 3.07. The normalized spacial score (nSPS) is 18.8. The highest BCUT2D eigenvalue weighted by Crippen LogP contribution is 2.13. The lowest BCUT2D eigenvalue weighted by atomic mass is 10.2. The minimum atomic E-state index is -0.546. The summed E-state index contributed by atoms with van der Waals surface area (Å²) in [5.41, 5.74) is 0.252. The fourth-order valence-corrected chi connectivity index (χ4v) is 2.15. The van der Waals surface area contributed by atoms with Gasteiger partial charge in [0.1, 0.15) is 0 Å². The summed E-state index contributed by atoms with van der Waals surface area (Å²) >= 11 is 0. The van der Waals surface area contributed by atoms with Gasteiger partial charge in [-0.3, -0.25) is 4.79 Å². The second kappa shape index (κ2) is 5.18. The van der Waals surface area contributed by atoms with E-state index in [0.29, 0.717) is 12.6 Å². The van der Waals surface area contributed by atoms with Crippen LogP contribution in [-0.2, 0) is 0 Å². The SMILES string of the molecule is CN(CC1CCCN1)C(=O)c1ccc([N+](=O)[O-])[nH]1. The van der Waals surface area contributed by atoms with Crippen molar-refractivity contribution in [2.75, 3.05) is 20.1 Å². The third kappa shape index (κ3) is 2.67. The first kappa shape index (κ1) is 12.6. The molecule has 1 atom stereocenters. The van der Waals surface area contributed by atoms with Crippen LogP contribution < -0.4 is 5.32 Å². The molecular weight excluding hydrogens is 236 g/mol. The Morgan fingerprint density at radius 1 is 1.61 bits per heavy atom. The number of hydrogen-bond donors (Lipinski definition) is 2. The maximum absolute atomic E-state index is 12.0. The van der Waals surface area contributed by atoms with E-state index in [0.717, 1.165) is 19.4 Å². The number of nitrogens with zero attached hydrogens (tertiary/aromatic N) is 2. The smallest absolute Gasteiger partial charge is 0.321 e. The molecule has 2 rings (SSSR count). The van der Waals surface area contributed by atoms with E-state index in [2.05, 4.69) is 10.3 Å². The van der Waals surface area contributed by atoms with Crippen LogP contribution in [0.1, 0.15) is 23.3 Å². The Bertz CT molecular complexity index is 451. The van der Waals surface area contributed by atoms with Gasteiger partial charge in [0.05, 0.1) is 0 Å². The van der Waals surface area contributed by atoms with Gasteiger partial charge in [0.15, 0.2) is 5.69 Å². The molecule has 1 fully saturated rings. The monoisotopic (exact) mass is 252 g/mol. The molecule has 0 spiro atoms. The molecule has 1 aliphatic heterocycles. The number of aromatic nitrogens is 1. The molecule has 1 saturated heterocycles. The topological polar surface area (TPSA) is 91.3 Å². The van der Waals surface area contributed by atoms with E-state index in [1.807, 2.05) is 0 Å². The van der Waals surface area contributed by atoms with Crippen LogP contribution in [0.2, 0.25) is 0 Å². The maximum atomic E-state index is 12.0. The van der Waals surface area contributed by atoms with E-state index in [1.54, 1.807) is 11.9 Å². The second-order valence-corrected chi connectivity index (χ2v) is 4.49. The average molecular weight is 252 g/mol. The van der Waals surface area contributed by atoms with Gasteiger partial charge >= 0.3 is 5.82 Å². The van der Waals surface area contributed by atoms with Crippen molar-refractivity contribution >= 4 is 11.7 Å². The highest BCUT2D eigenvalue weighted by atomic mass is 16.6. The molecule has 1 unspecified atom stereocenters. The summed E-state index contributed by atoms with van der Waals surface area (Å²) in [4.78, 5) is 26.1. The van der Waals surface area contributed by atoms with Gasteiger partial charge in [-0.15, -0.1) is 0 Å². The number of amides is 1. The molecule has 2 N–H and O–H groups in total. The highest BCUT2D eigenvalue weighted by molar-refractivity contribution is 5.92. The minimum Gasteiger partial charge on any atom is -0.358 e. The summed E-state index contributed by atoms with van der Waals surface area (Å²) in [5, 5.41) is 13.8. The van der Waals surface area contributed by atoms with Gasteiger partial charge in [-0.2, -0.15) is 0 Å². The van der Waals surface area contributed by atoms with Crippen LogP contribution in [0.3, 0.4) is 0 Å². The lowest BCUT2D eigenvalue weighted by Crippen LogP contribution is -2.38. The molecule has 98 valence electrons. The molecule has 1 amide bonds. The molecule has 1 aromatic heterocycles. The fourth-order valence-electron chi connectivity index (χ4n) is 2.15. The van der Waals surface area contributed by atoms with Crippen molar-refractivity contribution in [2.45, 2.75) is 18.9 Å². The standard InChI is InChI=1S/C11H16N4O3/c1-14(7-8-3-2-6-12-8)11(16)9-4-5-10(13-9)15(17)18/h4-5,8,12-13H,2-3,6-7H2,1H3. The van der Waals surface area contributed by atoms with Crippen LogP contribution in [0.4, 0.5) is 5.82 Å². The summed E-state index contributed by atoms with van der Waals surface area (Å²) in [6.45, 7) is 1.60. The number of aromatic amines is 1. The lowest BCUT2D eigenvalue weighted by molar-refractivity contribution is -0.389. The largest absolute Gasteiger partial charge is 0.358 e. The van der Waals surface area contributed by atoms with Crippen LogP contribution in [0, 0.1) is 10.1 Å². The predicted molar refractivity (Wildman–Crippen MR) is 65.4 cm³/mol. The Labute approximate surface area is 104 Å². The van der Waals surface area contributed by atoms with Crippen molar-refractivity contribution in [2.24, 2.45) is 0 Å². The molecule has 7 nitrogen and oxygen atoms in total. The van der Waals surface area contributed by atoms with Crippen LogP contribution in [0.25, 0.3) is 0 Å². The second-order valence-electron chi connectivity index (χ2n) is 4.49. The zero-order valence-electron chi connectivity index (χ0n) is 10.2. The quantitative estimate of drug-likeness (QED) is 0.611. The predicted octanol–water partition coefficient (Wildman–Crippen LogP) is 0.747. The van der Waals surface area contributed by atoms with Gasteiger partial charge < -0.3 is 20.3 Å². The average Bonchev–Trinajstić information content (AvgIpc) is 2.98. The van der Waals surface area contributed by atoms with Gasteiger partial charge in [-0.25, -0.2) is 4.98 Å². The number of hydrogen-bond acceptors (Lipinski definition) is 4. The third-order valence-electron chi connectivity index (χ3n) is 3.10. The molecule has 0 bridgehead atoms. The van der Waals surface area contributed by atoms with E-state index >= 15 is 0 Å². The summed E-state index contributed by atoms with van der Waals surface area (Å²) in [5.74, 6) is -0.387. The summed E-state index contributed by atoms with van der Waals surface area (Å²) < 4.78 is 0. The van der Waals surface area contributed by atoms with Crippen molar-refractivity contribution in [3.63, 3.8) is 0 Å². The Balaban J connectivity index is 1.98. The molecule has 1 aliphatic rings. The lowest BCUT2D eigenvalue weighted by Gasteiger charge is -2.19. The van der Waals surface area contributed by atoms with E-state index in [9.17, 15) is 14.9 Å². The molecule has 1 aromatic rings. The van der Waals surface area contributed by atoms with Crippen molar-refractivity contribution in [1.82, 2.24) is 15.2 Å². The van der Waals surface area contributed by atoms with Crippen molar-refractivity contribution in [1.29, 1.82) is 0 Å². The van der Waals surface area contributed by atoms with E-state index in [1.165, 1.54) is 12.1 Å². The van der Waals surface area contributed by atoms with E-state index in [4.69, 9.17) is 0 Å². The van der Waals surface area contributed by atoms with E-state index in [-0.39, 0.29) is 17.4 Å². The van der Waals surface area contributed by atoms with Crippen LogP contribution in [0.5, 0.6) is 0 Å². The van der Waals surface area contributed by atoms with E-state index < -0.39 is 4.92 Å². The minimum absolute atomic E-state index is 0.161. The number of likely N-dealkylation sites (N-methyl/N-ethyl adjacent to an activating group) is 1. The van der Waals surface area contributed by atoms with Crippen LogP contribution in [-0.4, -0.2) is 46.9 Å². The van der Waals surface area contributed by atoms with Crippen LogP contribution in [0.15, 0.2) is 12.1 Å². The summed E-state index contributed by atoms with van der Waals surface area (Å²) in [6.07, 6.45) is 2.18. The molecule has 18 heavy (non-hydrogen) atoms. The molecule has 0 saturated carbocycles. The highest BCUT2D eigenvalue weighted by Gasteiger charge is 2.22. The first-order chi connectivity index (χ1) is 8.58. The zero-order chi connectivity index (χ0) is 13.1. The third-order valence-corrected chi connectivity index (χ3v) is 3.10. The van der Waals surface area contributed by atoms with Crippen LogP contribution >= 0.6 is 0 Å². The van der Waals surface area contributed by atoms with Crippen molar-refractivity contribution in [3.05, 3.63) is 27.9 Å². The fraction of sp³-hybridized carbons (Fsp3) is 0.545. The Morgan fingerprint density at radius 2 is 2.39 bits per heavy atom. The first-order valence-corrected chi connectivity index (χ1v) is 5.90. The van der Waals surface area contributed by atoms with Gasteiger partial charge in [-0.1, -0.05) is 0 Å². The molecule has 7 heteroatoms. The first-order valence-electron chi connectivity index (χ1n) is 5.90. The Hall–Kier alpha value is -1.89. The van der Waals surface area contributed by atoms with Crippen molar-refractivity contribution < 1.29 is 9.72 Å². The number of carbonyl (C=O) groups excluding carboxylic acids is 1. The Kier molecular flexibility index (Phi) is 3.61. The Morgan fingerprint density at radius 3 is 2.94 bits per heavy atom. The number of rotatable bonds is 4. The van der Waals surface area contributed by atoms with Gasteiger partial charge in [-0.05, 0) is 30.4 Å². The van der Waals surface area contributed by atoms with Crippen molar-refractivity contribution in [3.8, 4) is 0 Å².